The van der Waals surface area contributed by atoms with Crippen LogP contribution in [0.15, 0.2) is 11.0 Å². The summed E-state index contributed by atoms with van der Waals surface area (Å²) in [6.45, 7) is 1.00. The van der Waals surface area contributed by atoms with Crippen molar-refractivity contribution in [3.63, 3.8) is 0 Å². The standard InChI is InChI=1S/C20H28N2O/c23-20-21(10-12-1-2-12)18(15-3-4-15)11-22(20)19-16-6-13-5-14(8-16)9-17(19)7-13/h11-17,19H,1-10H2. The first-order valence-corrected chi connectivity index (χ1v) is 10.1. The molecule has 0 aromatic carbocycles. The zero-order valence-corrected chi connectivity index (χ0v) is 14.0. The van der Waals surface area contributed by atoms with Gasteiger partial charge in [-0.05, 0) is 87.4 Å². The van der Waals surface area contributed by atoms with Crippen molar-refractivity contribution < 1.29 is 0 Å². The first-order valence-electron chi connectivity index (χ1n) is 10.1. The van der Waals surface area contributed by atoms with Crippen LogP contribution in [0.1, 0.15) is 75.4 Å². The van der Waals surface area contributed by atoms with E-state index in [9.17, 15) is 4.79 Å². The van der Waals surface area contributed by atoms with Crippen molar-refractivity contribution >= 4 is 0 Å². The molecule has 0 unspecified atom stereocenters. The lowest BCUT2D eigenvalue weighted by atomic mass is 9.54. The van der Waals surface area contributed by atoms with Crippen molar-refractivity contribution in [3.05, 3.63) is 22.4 Å². The van der Waals surface area contributed by atoms with Crippen molar-refractivity contribution in [3.8, 4) is 0 Å². The van der Waals surface area contributed by atoms with Gasteiger partial charge in [-0.2, -0.15) is 0 Å². The first kappa shape index (κ1) is 13.3. The number of rotatable bonds is 4. The van der Waals surface area contributed by atoms with E-state index in [1.54, 1.807) is 0 Å². The monoisotopic (exact) mass is 312 g/mol. The predicted molar refractivity (Wildman–Crippen MR) is 89.5 cm³/mol. The molecule has 124 valence electrons. The van der Waals surface area contributed by atoms with Crippen molar-refractivity contribution in [2.24, 2.45) is 29.6 Å². The van der Waals surface area contributed by atoms with Gasteiger partial charge in [0.15, 0.2) is 0 Å². The van der Waals surface area contributed by atoms with E-state index >= 15 is 0 Å². The second kappa shape index (κ2) is 4.55. The summed E-state index contributed by atoms with van der Waals surface area (Å²) < 4.78 is 4.43. The lowest BCUT2D eigenvalue weighted by molar-refractivity contribution is -0.0305. The lowest BCUT2D eigenvalue weighted by Crippen LogP contribution is -2.48. The molecule has 3 heteroatoms. The molecule has 6 aliphatic rings. The Balaban J connectivity index is 1.40. The molecule has 0 atom stereocenters. The number of hydrogen-bond acceptors (Lipinski definition) is 1. The fourth-order valence-electron chi connectivity index (χ4n) is 6.53. The number of aromatic nitrogens is 2. The van der Waals surface area contributed by atoms with E-state index in [2.05, 4.69) is 15.3 Å². The molecule has 1 heterocycles. The molecular weight excluding hydrogens is 284 g/mol. The number of hydrogen-bond donors (Lipinski definition) is 0. The summed E-state index contributed by atoms with van der Waals surface area (Å²) in [5.41, 5.74) is 1.73. The van der Waals surface area contributed by atoms with E-state index in [-0.39, 0.29) is 0 Å². The lowest BCUT2D eigenvalue weighted by Gasteiger charge is -2.54. The molecule has 0 saturated heterocycles. The summed E-state index contributed by atoms with van der Waals surface area (Å²) in [7, 11) is 0. The van der Waals surface area contributed by atoms with E-state index in [1.807, 2.05) is 0 Å². The van der Waals surface area contributed by atoms with Gasteiger partial charge >= 0.3 is 5.69 Å². The average Bonchev–Trinajstić information content (AvgIpc) is 3.42. The molecule has 4 bridgehead atoms. The van der Waals surface area contributed by atoms with E-state index in [1.165, 1.54) is 63.5 Å². The molecule has 0 amide bonds. The van der Waals surface area contributed by atoms with Crippen LogP contribution >= 0.6 is 0 Å². The average molecular weight is 312 g/mol. The minimum absolute atomic E-state index is 0.344. The van der Waals surface area contributed by atoms with Crippen molar-refractivity contribution in [1.82, 2.24) is 9.13 Å². The first-order chi connectivity index (χ1) is 11.3. The Kier molecular flexibility index (Phi) is 2.63. The van der Waals surface area contributed by atoms with Crippen LogP contribution in [0.5, 0.6) is 0 Å². The van der Waals surface area contributed by atoms with Gasteiger partial charge in [0.2, 0.25) is 0 Å². The maximum atomic E-state index is 13.2. The van der Waals surface area contributed by atoms with Gasteiger partial charge in [-0.1, -0.05) is 0 Å². The maximum absolute atomic E-state index is 13.2. The highest BCUT2D eigenvalue weighted by molar-refractivity contribution is 5.16. The third-order valence-electron chi connectivity index (χ3n) is 7.67. The quantitative estimate of drug-likeness (QED) is 0.827. The van der Waals surface area contributed by atoms with Crippen molar-refractivity contribution in [2.45, 2.75) is 76.3 Å². The Morgan fingerprint density at radius 3 is 2.13 bits per heavy atom. The van der Waals surface area contributed by atoms with E-state index in [4.69, 9.17) is 0 Å². The topological polar surface area (TPSA) is 26.9 Å². The highest BCUT2D eigenvalue weighted by Gasteiger charge is 2.49. The molecule has 6 saturated carbocycles. The molecule has 1 aromatic rings. The predicted octanol–water partition coefficient (Wildman–Crippen LogP) is 3.93. The SMILES string of the molecule is O=c1n(C2C3CC4CC(C3)CC2C4)cc(C2CC2)n1CC1CC1. The third kappa shape index (κ3) is 2.04. The van der Waals surface area contributed by atoms with Crippen LogP contribution in [-0.2, 0) is 6.54 Å². The normalized spacial score (nSPS) is 41.7. The molecule has 7 rings (SSSR count). The zero-order chi connectivity index (χ0) is 15.1. The second-order valence-corrected chi connectivity index (χ2v) is 9.49. The Bertz CT molecular complexity index is 663. The molecule has 0 aliphatic heterocycles. The Hall–Kier alpha value is -0.990. The summed E-state index contributed by atoms with van der Waals surface area (Å²) in [5.74, 6) is 5.06. The highest BCUT2D eigenvalue weighted by atomic mass is 16.1. The van der Waals surface area contributed by atoms with Crippen LogP contribution in [0, 0.1) is 29.6 Å². The summed E-state index contributed by atoms with van der Waals surface area (Å²) in [6.07, 6.45) is 14.7. The van der Waals surface area contributed by atoms with Crippen LogP contribution in [0.4, 0.5) is 0 Å². The molecule has 23 heavy (non-hydrogen) atoms. The van der Waals surface area contributed by atoms with E-state index < -0.39 is 0 Å². The summed E-state index contributed by atoms with van der Waals surface area (Å²) in [5, 5.41) is 0. The van der Waals surface area contributed by atoms with Crippen molar-refractivity contribution in [1.29, 1.82) is 0 Å². The van der Waals surface area contributed by atoms with Crippen LogP contribution < -0.4 is 5.69 Å². The molecule has 0 N–H and O–H groups in total. The zero-order valence-electron chi connectivity index (χ0n) is 14.0. The molecule has 0 spiro atoms. The van der Waals surface area contributed by atoms with Crippen LogP contribution in [0.25, 0.3) is 0 Å². The maximum Gasteiger partial charge on any atom is 0.328 e. The molecule has 6 aliphatic carbocycles. The third-order valence-corrected chi connectivity index (χ3v) is 7.67. The number of imidazole rings is 1. The van der Waals surface area contributed by atoms with Gasteiger partial charge in [0.05, 0.1) is 0 Å². The van der Waals surface area contributed by atoms with Gasteiger partial charge < -0.3 is 0 Å². The number of nitrogens with zero attached hydrogens (tertiary/aromatic N) is 2. The van der Waals surface area contributed by atoms with Crippen LogP contribution in [0.3, 0.4) is 0 Å². The Morgan fingerprint density at radius 1 is 0.913 bits per heavy atom. The van der Waals surface area contributed by atoms with Gasteiger partial charge in [0.25, 0.3) is 0 Å². The Labute approximate surface area is 138 Å². The van der Waals surface area contributed by atoms with Gasteiger partial charge in [0, 0.05) is 30.4 Å². The molecule has 6 fully saturated rings. The van der Waals surface area contributed by atoms with E-state index in [0.29, 0.717) is 17.6 Å². The summed E-state index contributed by atoms with van der Waals surface area (Å²) >= 11 is 0. The molecular formula is C20H28N2O. The summed E-state index contributed by atoms with van der Waals surface area (Å²) in [6, 6.07) is 0.535. The Morgan fingerprint density at radius 2 is 1.57 bits per heavy atom. The highest BCUT2D eigenvalue weighted by Crippen LogP contribution is 2.58. The minimum Gasteiger partial charge on any atom is -0.296 e. The van der Waals surface area contributed by atoms with Gasteiger partial charge in [-0.15, -0.1) is 0 Å². The molecule has 1 aromatic heterocycles. The van der Waals surface area contributed by atoms with Gasteiger partial charge in [0.1, 0.15) is 0 Å². The van der Waals surface area contributed by atoms with Crippen LogP contribution in [-0.4, -0.2) is 9.13 Å². The van der Waals surface area contributed by atoms with Crippen LogP contribution in [0.2, 0.25) is 0 Å². The fourth-order valence-corrected chi connectivity index (χ4v) is 6.53. The van der Waals surface area contributed by atoms with Gasteiger partial charge in [-0.3, -0.25) is 9.13 Å². The van der Waals surface area contributed by atoms with Crippen molar-refractivity contribution in [2.75, 3.05) is 0 Å². The smallest absolute Gasteiger partial charge is 0.296 e. The van der Waals surface area contributed by atoms with Gasteiger partial charge in [-0.25, -0.2) is 4.79 Å². The second-order valence-electron chi connectivity index (χ2n) is 9.49. The molecule has 3 nitrogen and oxygen atoms in total. The van der Waals surface area contributed by atoms with E-state index in [0.717, 1.165) is 36.1 Å². The summed E-state index contributed by atoms with van der Waals surface area (Å²) in [4.78, 5) is 13.2. The molecule has 0 radical (unpaired) electrons. The fraction of sp³-hybridized carbons (Fsp3) is 0.850. The minimum atomic E-state index is 0.344. The largest absolute Gasteiger partial charge is 0.328 e.